The molecule has 2 aromatic heterocycles. The monoisotopic (exact) mass is 955 g/mol. The Morgan fingerprint density at radius 1 is 0.800 bits per heavy atom. The van der Waals surface area contributed by atoms with Crippen molar-refractivity contribution < 1.29 is 34.0 Å². The van der Waals surface area contributed by atoms with E-state index in [1.165, 1.54) is 36.2 Å². The van der Waals surface area contributed by atoms with Crippen molar-refractivity contribution in [3.8, 4) is 33.5 Å². The molecule has 0 bridgehead atoms. The van der Waals surface area contributed by atoms with Gasteiger partial charge in [-0.15, -0.1) is 0 Å². The van der Waals surface area contributed by atoms with Gasteiger partial charge < -0.3 is 39.5 Å². The predicted molar refractivity (Wildman–Crippen MR) is 266 cm³/mol. The van der Waals surface area contributed by atoms with E-state index in [0.717, 1.165) is 85.4 Å². The van der Waals surface area contributed by atoms with E-state index >= 15 is 0 Å². The summed E-state index contributed by atoms with van der Waals surface area (Å²) in [5.41, 5.74) is 9.47. The fourth-order valence-corrected chi connectivity index (χ4v) is 11.6. The number of carbonyl (C=O) groups excluding carboxylic acids is 4. The first kappa shape index (κ1) is 48.6. The zero-order chi connectivity index (χ0) is 49.6. The quantitative estimate of drug-likeness (QED) is 0.110. The molecule has 5 heterocycles. The molecule has 1 spiro atoms. The summed E-state index contributed by atoms with van der Waals surface area (Å²) in [5.74, 6) is 0.798. The van der Waals surface area contributed by atoms with Gasteiger partial charge in [-0.2, -0.15) is 4.79 Å². The van der Waals surface area contributed by atoms with Gasteiger partial charge in [0.1, 0.15) is 17.7 Å². The molecule has 5 aromatic rings. The first-order chi connectivity index (χ1) is 33.6. The molecule has 70 heavy (non-hydrogen) atoms. The van der Waals surface area contributed by atoms with Crippen LogP contribution in [0.1, 0.15) is 102 Å². The summed E-state index contributed by atoms with van der Waals surface area (Å²) in [7, 11) is 4.81. The molecule has 3 saturated heterocycles. The third-order valence-corrected chi connectivity index (χ3v) is 15.6. The Bertz CT molecular complexity index is 2850. The molecule has 16 heteroatoms. The summed E-state index contributed by atoms with van der Waals surface area (Å²) >= 11 is 0. The first-order valence-electron chi connectivity index (χ1n) is 25.0. The minimum Gasteiger partial charge on any atom is -0.453 e. The van der Waals surface area contributed by atoms with E-state index in [1.54, 1.807) is 4.90 Å². The number of alkyl carbamates (subject to hydrolysis) is 1. The Balaban J connectivity index is 0.991. The highest BCUT2D eigenvalue weighted by molar-refractivity contribution is 5.88. The number of carbonyl (C=O) groups is 4. The van der Waals surface area contributed by atoms with Crippen LogP contribution in [0.15, 0.2) is 65.6 Å². The summed E-state index contributed by atoms with van der Waals surface area (Å²) in [5, 5.41) is 4.57. The van der Waals surface area contributed by atoms with Crippen molar-refractivity contribution in [1.29, 1.82) is 0 Å². The summed E-state index contributed by atoms with van der Waals surface area (Å²) in [6, 6.07) is 17.0. The number of quaternary nitrogens is 1. The number of nitrogens with two attached hydrogens (primary N) is 1. The Labute approximate surface area is 409 Å². The summed E-state index contributed by atoms with van der Waals surface area (Å²) in [6.07, 6.45) is 7.10. The van der Waals surface area contributed by atoms with Gasteiger partial charge in [0.25, 0.3) is 11.5 Å². The zero-order valence-electron chi connectivity index (χ0n) is 41.8. The second-order valence-corrected chi connectivity index (χ2v) is 21.1. The van der Waals surface area contributed by atoms with Crippen molar-refractivity contribution in [2.45, 2.75) is 104 Å². The Morgan fingerprint density at radius 3 is 2.13 bits per heavy atom. The molecule has 370 valence electrons. The average molecular weight is 955 g/mol. The van der Waals surface area contributed by atoms with Gasteiger partial charge in [-0.05, 0) is 133 Å². The van der Waals surface area contributed by atoms with Gasteiger partial charge in [-0.1, -0.05) is 77.1 Å². The summed E-state index contributed by atoms with van der Waals surface area (Å²) in [4.78, 5) is 88.6. The highest BCUT2D eigenvalue weighted by atomic mass is 16.5. The van der Waals surface area contributed by atoms with Crippen molar-refractivity contribution >= 4 is 34.9 Å². The van der Waals surface area contributed by atoms with Gasteiger partial charge in [0.2, 0.25) is 5.91 Å². The number of H-pyrrole nitrogens is 2. The summed E-state index contributed by atoms with van der Waals surface area (Å²) in [6.45, 7) is 12.9. The van der Waals surface area contributed by atoms with Gasteiger partial charge in [0.05, 0.1) is 49.1 Å². The topological polar surface area (TPSA) is 200 Å². The van der Waals surface area contributed by atoms with E-state index in [4.69, 9.17) is 19.4 Å². The minimum absolute atomic E-state index is 0.119. The number of amides is 4. The third kappa shape index (κ3) is 9.47. The highest BCUT2D eigenvalue weighted by Crippen LogP contribution is 2.50. The maximum Gasteiger partial charge on any atom is 0.513 e. The van der Waals surface area contributed by atoms with Crippen molar-refractivity contribution in [2.24, 2.45) is 23.2 Å². The number of aromatic nitrogens is 4. The molecule has 9 rings (SSSR count). The summed E-state index contributed by atoms with van der Waals surface area (Å²) < 4.78 is 9.68. The van der Waals surface area contributed by atoms with Gasteiger partial charge in [-0.25, -0.2) is 20.1 Å². The molecule has 4 aliphatic rings. The number of fused-ring (bicyclic) bond motifs is 2. The van der Waals surface area contributed by atoms with Crippen LogP contribution in [0.5, 0.6) is 0 Å². The van der Waals surface area contributed by atoms with Gasteiger partial charge in [-0.3, -0.25) is 14.4 Å². The van der Waals surface area contributed by atoms with E-state index in [-0.39, 0.29) is 46.6 Å². The molecule has 1 aliphatic carbocycles. The normalized spacial score (nSPS) is 20.9. The minimum atomic E-state index is -0.703. The molecule has 3 fully saturated rings. The molecule has 5 N–H and O–H groups in total. The number of hydrogen-bond acceptors (Lipinski definition) is 10. The smallest absolute Gasteiger partial charge is 0.453 e. The van der Waals surface area contributed by atoms with Crippen molar-refractivity contribution in [3.63, 3.8) is 0 Å². The van der Waals surface area contributed by atoms with E-state index in [1.807, 2.05) is 50.9 Å². The molecule has 0 saturated carbocycles. The molecule has 0 radical (unpaired) electrons. The number of aromatic amines is 2. The number of primary amides is 1. The van der Waals surface area contributed by atoms with Gasteiger partial charge in [0, 0.05) is 19.0 Å². The lowest BCUT2D eigenvalue weighted by molar-refractivity contribution is -0.601. The van der Waals surface area contributed by atoms with Crippen molar-refractivity contribution in [2.75, 3.05) is 47.4 Å². The third-order valence-electron chi connectivity index (χ3n) is 15.6. The number of likely N-dealkylation sites (tertiary alicyclic amines) is 3. The first-order valence-corrected chi connectivity index (χ1v) is 25.0. The van der Waals surface area contributed by atoms with Crippen LogP contribution in [-0.4, -0.2) is 118 Å². The lowest BCUT2D eigenvalue weighted by Crippen LogP contribution is -2.96. The molecule has 4 amide bonds. The maximum absolute atomic E-state index is 14.1. The molecule has 3 aromatic carbocycles. The van der Waals surface area contributed by atoms with Crippen molar-refractivity contribution in [3.05, 3.63) is 93.9 Å². The zero-order valence-corrected chi connectivity index (χ0v) is 41.8. The number of piperidine rings is 1. The van der Waals surface area contributed by atoms with E-state index in [9.17, 15) is 24.0 Å². The fraction of sp³-hybridized carbons (Fsp3) is 0.500. The van der Waals surface area contributed by atoms with E-state index in [0.29, 0.717) is 36.2 Å². The van der Waals surface area contributed by atoms with Crippen LogP contribution < -0.4 is 16.2 Å². The van der Waals surface area contributed by atoms with Crippen molar-refractivity contribution in [1.82, 2.24) is 40.0 Å². The van der Waals surface area contributed by atoms with Crippen LogP contribution >= 0.6 is 0 Å². The Hall–Kier alpha value is -6.39. The molecule has 3 aliphatic heterocycles. The molecular formula is C54H68N9O7+. The van der Waals surface area contributed by atoms with E-state index < -0.39 is 30.3 Å². The maximum atomic E-state index is 14.1. The number of nitrogens with one attached hydrogen (secondary N) is 3. The number of imidazole rings is 1. The number of rotatable bonds is 11. The predicted octanol–water partition coefficient (Wildman–Crippen LogP) is 6.77. The SMILES string of the molecule is COC(=O)NC(C(=O)N1CCC[C@H]1c1ncc(-c2ccc(-c3ccc(-c4ccc5nc(C6CC(C)CN6C(=O)C([NH2+]C(=O)OC)C(C)C)[nH]c(=O)c5c4)c4c3CC3(CCN(C)CC3)C4)cc2)[nH]1)C(C)C. The second kappa shape index (κ2) is 19.8. The Kier molecular flexibility index (Phi) is 13.7. The second-order valence-electron chi connectivity index (χ2n) is 21.1. The number of methoxy groups -OCH3 is 2. The number of hydrogen-bond donors (Lipinski definition) is 4. The van der Waals surface area contributed by atoms with Gasteiger partial charge >= 0.3 is 12.2 Å². The van der Waals surface area contributed by atoms with Crippen LogP contribution in [0.2, 0.25) is 0 Å². The van der Waals surface area contributed by atoms with Gasteiger partial charge in [0.15, 0.2) is 6.04 Å². The lowest BCUT2D eigenvalue weighted by atomic mass is 9.75. The molecular weight excluding hydrogens is 887 g/mol. The molecule has 5 atom stereocenters. The number of ether oxygens (including phenoxy) is 2. The lowest BCUT2D eigenvalue weighted by Gasteiger charge is -2.37. The molecule has 4 unspecified atom stereocenters. The average Bonchev–Trinajstić information content (AvgIpc) is 4.19. The number of nitrogens with zero attached hydrogens (tertiary/aromatic N) is 5. The van der Waals surface area contributed by atoms with Crippen LogP contribution in [0.25, 0.3) is 44.4 Å². The van der Waals surface area contributed by atoms with Crippen LogP contribution in [0.3, 0.4) is 0 Å². The standard InChI is InChI=1S/C54H67N9O7/c1-30(2)45(58-52(67)69-7)50(65)62-21-9-10-43(62)47-55-28-42(57-47)34-13-11-33(12-14-34)36-16-17-37(40-27-54(26-39(36)40)19-22-61(6)23-20-54)35-15-18-41-38(25-35)49(64)60-48(56-41)44-24-32(5)29-63(44)51(66)46(31(3)4)59-53(68)70-8/h11-18,25,28,30-32,43-46H,9-10,19-24,26-27,29H2,1-8H3,(H,55,57)(H,58,67)(H,59,68)(H,56,60,64)/p+1/t32?,43-,44?,45?,46?/m0/s1. The van der Waals surface area contributed by atoms with Crippen LogP contribution in [-0.2, 0) is 31.9 Å². The van der Waals surface area contributed by atoms with Crippen LogP contribution in [0.4, 0.5) is 9.59 Å². The van der Waals surface area contributed by atoms with E-state index in [2.05, 4.69) is 76.6 Å². The number of benzene rings is 3. The van der Waals surface area contributed by atoms with Crippen LogP contribution in [0, 0.1) is 23.2 Å². The highest BCUT2D eigenvalue weighted by Gasteiger charge is 2.44. The molecule has 16 nitrogen and oxygen atoms in total. The Morgan fingerprint density at radius 2 is 1.47 bits per heavy atom. The fourth-order valence-electron chi connectivity index (χ4n) is 11.6. The largest absolute Gasteiger partial charge is 0.513 e.